The molecule has 2 aromatic heterocycles. The molecule has 0 radical (unpaired) electrons. The van der Waals surface area contributed by atoms with Crippen LogP contribution >= 0.6 is 0 Å². The maximum atomic E-state index is 12.7. The molecular weight excluding hydrogens is 342 g/mol. The normalized spacial score (nSPS) is 18.7. The third-order valence-electron chi connectivity index (χ3n) is 4.42. The summed E-state index contributed by atoms with van der Waals surface area (Å²) in [5, 5.41) is 10.8. The first-order valence-electron chi connectivity index (χ1n) is 8.54. The van der Waals surface area contributed by atoms with Crippen molar-refractivity contribution >= 4 is 27.5 Å². The summed E-state index contributed by atoms with van der Waals surface area (Å²) < 4.78 is 28.0. The highest BCUT2D eigenvalue weighted by molar-refractivity contribution is 7.89. The molecule has 25 heavy (non-hydrogen) atoms. The van der Waals surface area contributed by atoms with Crippen LogP contribution in [0, 0.1) is 6.92 Å². The van der Waals surface area contributed by atoms with E-state index in [1.807, 2.05) is 26.0 Å². The van der Waals surface area contributed by atoms with Crippen molar-refractivity contribution in [1.82, 2.24) is 18.9 Å². The summed E-state index contributed by atoms with van der Waals surface area (Å²) in [4.78, 5) is 12.7. The van der Waals surface area contributed by atoms with Crippen molar-refractivity contribution < 1.29 is 13.2 Å². The Bertz CT molecular complexity index is 877. The first kappa shape index (κ1) is 17.8. The summed E-state index contributed by atoms with van der Waals surface area (Å²) in [5.41, 5.74) is 1.68. The molecule has 1 fully saturated rings. The van der Waals surface area contributed by atoms with Crippen LogP contribution in [0.4, 0.5) is 5.95 Å². The van der Waals surface area contributed by atoms with Crippen LogP contribution in [0.15, 0.2) is 18.3 Å². The number of carbonyl (C=O) groups excluding carboxylic acids is 1. The van der Waals surface area contributed by atoms with Gasteiger partial charge in [-0.1, -0.05) is 13.3 Å². The number of amides is 1. The summed E-state index contributed by atoms with van der Waals surface area (Å²) >= 11 is 0. The van der Waals surface area contributed by atoms with Crippen LogP contribution in [0.1, 0.15) is 38.2 Å². The Morgan fingerprint density at radius 2 is 2.20 bits per heavy atom. The Balaban J connectivity index is 1.77. The molecule has 1 atom stereocenters. The molecule has 9 heteroatoms. The average Bonchev–Trinajstić information content (AvgIpc) is 3.20. The zero-order chi connectivity index (χ0) is 18.0. The summed E-state index contributed by atoms with van der Waals surface area (Å²) in [5.74, 6) is 0.0331. The summed E-state index contributed by atoms with van der Waals surface area (Å²) in [7, 11) is -3.41. The minimum absolute atomic E-state index is 0.0838. The molecular formula is C16H23N5O3S. The van der Waals surface area contributed by atoms with Crippen molar-refractivity contribution in [3.05, 3.63) is 23.9 Å². The first-order valence-corrected chi connectivity index (χ1v) is 10.1. The third-order valence-corrected chi connectivity index (χ3v) is 6.38. The summed E-state index contributed by atoms with van der Waals surface area (Å²) in [6, 6.07) is 3.07. The van der Waals surface area contributed by atoms with Crippen LogP contribution in [-0.2, 0) is 14.8 Å². The summed E-state index contributed by atoms with van der Waals surface area (Å²) in [6.45, 7) is 4.29. The van der Waals surface area contributed by atoms with E-state index in [4.69, 9.17) is 0 Å². The Hall–Kier alpha value is -2.00. The Labute approximate surface area is 147 Å². The van der Waals surface area contributed by atoms with Gasteiger partial charge in [0.2, 0.25) is 21.9 Å². The molecule has 2 aromatic rings. The van der Waals surface area contributed by atoms with Crippen LogP contribution in [0.25, 0.3) is 5.65 Å². The number of hydrogen-bond donors (Lipinski definition) is 1. The minimum atomic E-state index is -3.41. The fraction of sp³-hybridized carbons (Fsp3) is 0.562. The number of rotatable bonds is 6. The molecule has 3 heterocycles. The maximum Gasteiger partial charge on any atom is 0.245 e. The second-order valence-corrected chi connectivity index (χ2v) is 8.42. The van der Waals surface area contributed by atoms with Gasteiger partial charge in [-0.2, -0.15) is 4.31 Å². The molecule has 1 amide bonds. The number of carbonyl (C=O) groups is 1. The SMILES string of the molecule is CCCCS(=O)(=O)N1CCCC1C(=O)Nc1nnc2cc(C)ccn12. The number of nitrogens with zero attached hydrogens (tertiary/aromatic N) is 4. The molecule has 1 N–H and O–H groups in total. The van der Waals surface area contributed by atoms with Gasteiger partial charge in [0.15, 0.2) is 5.65 Å². The van der Waals surface area contributed by atoms with Gasteiger partial charge >= 0.3 is 0 Å². The average molecular weight is 365 g/mol. The van der Waals surface area contributed by atoms with Crippen molar-refractivity contribution in [2.24, 2.45) is 0 Å². The Kier molecular flexibility index (Phi) is 5.05. The Morgan fingerprint density at radius 1 is 1.40 bits per heavy atom. The van der Waals surface area contributed by atoms with Gasteiger partial charge in [-0.15, -0.1) is 10.2 Å². The quantitative estimate of drug-likeness (QED) is 0.838. The maximum absolute atomic E-state index is 12.7. The van der Waals surface area contributed by atoms with Gasteiger partial charge < -0.3 is 0 Å². The lowest BCUT2D eigenvalue weighted by Gasteiger charge is -2.22. The number of fused-ring (bicyclic) bond motifs is 1. The lowest BCUT2D eigenvalue weighted by molar-refractivity contribution is -0.119. The van der Waals surface area contributed by atoms with Crippen molar-refractivity contribution in [3.63, 3.8) is 0 Å². The van der Waals surface area contributed by atoms with Gasteiger partial charge in [-0.3, -0.25) is 14.5 Å². The van der Waals surface area contributed by atoms with E-state index < -0.39 is 16.1 Å². The van der Waals surface area contributed by atoms with Crippen LogP contribution in [0.2, 0.25) is 0 Å². The number of unbranched alkanes of at least 4 members (excludes halogenated alkanes) is 1. The van der Waals surface area contributed by atoms with Crippen LogP contribution in [0.3, 0.4) is 0 Å². The number of sulfonamides is 1. The number of aryl methyl sites for hydroxylation is 1. The fourth-order valence-corrected chi connectivity index (χ4v) is 4.93. The van der Waals surface area contributed by atoms with Crippen LogP contribution in [-0.4, -0.2) is 51.6 Å². The second-order valence-electron chi connectivity index (χ2n) is 6.38. The molecule has 0 aliphatic carbocycles. The van der Waals surface area contributed by atoms with Gasteiger partial charge in [0.05, 0.1) is 5.75 Å². The van der Waals surface area contributed by atoms with Crippen molar-refractivity contribution in [2.75, 3.05) is 17.6 Å². The van der Waals surface area contributed by atoms with Gasteiger partial charge in [-0.25, -0.2) is 8.42 Å². The molecule has 0 spiro atoms. The third kappa shape index (κ3) is 3.67. The standard InChI is InChI=1S/C16H23N5O3S/c1-3-4-10-25(23,24)21-8-5-6-13(21)15(22)17-16-19-18-14-11-12(2)7-9-20(14)16/h7,9,11,13H,3-6,8,10H2,1-2H3,(H,17,19,22). The van der Waals surface area contributed by atoms with Crippen molar-refractivity contribution in [2.45, 2.75) is 45.6 Å². The highest BCUT2D eigenvalue weighted by atomic mass is 32.2. The lowest BCUT2D eigenvalue weighted by Crippen LogP contribution is -2.44. The molecule has 1 aliphatic rings. The summed E-state index contributed by atoms with van der Waals surface area (Å²) in [6.07, 6.45) is 4.39. The number of pyridine rings is 1. The second kappa shape index (κ2) is 7.09. The van der Waals surface area contributed by atoms with E-state index in [2.05, 4.69) is 15.5 Å². The van der Waals surface area contributed by atoms with E-state index in [9.17, 15) is 13.2 Å². The zero-order valence-electron chi connectivity index (χ0n) is 14.5. The van der Waals surface area contributed by atoms with E-state index in [1.54, 1.807) is 10.6 Å². The molecule has 1 aliphatic heterocycles. The number of aromatic nitrogens is 3. The fourth-order valence-electron chi connectivity index (χ4n) is 3.05. The van der Waals surface area contributed by atoms with E-state index in [-0.39, 0.29) is 11.7 Å². The van der Waals surface area contributed by atoms with Crippen LogP contribution in [0.5, 0.6) is 0 Å². The molecule has 0 aromatic carbocycles. The van der Waals surface area contributed by atoms with Crippen molar-refractivity contribution in [1.29, 1.82) is 0 Å². The van der Waals surface area contributed by atoms with Gasteiger partial charge in [0, 0.05) is 12.7 Å². The van der Waals surface area contributed by atoms with E-state index in [0.717, 1.165) is 12.0 Å². The van der Waals surface area contributed by atoms with Gasteiger partial charge in [0.25, 0.3) is 0 Å². The molecule has 0 saturated carbocycles. The predicted octanol–water partition coefficient (Wildman–Crippen LogP) is 1.57. The first-order chi connectivity index (χ1) is 11.9. The van der Waals surface area contributed by atoms with E-state index in [0.29, 0.717) is 37.4 Å². The van der Waals surface area contributed by atoms with E-state index >= 15 is 0 Å². The van der Waals surface area contributed by atoms with Crippen LogP contribution < -0.4 is 5.32 Å². The Morgan fingerprint density at radius 3 is 2.96 bits per heavy atom. The number of hydrogen-bond acceptors (Lipinski definition) is 5. The van der Waals surface area contributed by atoms with Crippen molar-refractivity contribution in [3.8, 4) is 0 Å². The highest BCUT2D eigenvalue weighted by Crippen LogP contribution is 2.23. The molecule has 1 saturated heterocycles. The highest BCUT2D eigenvalue weighted by Gasteiger charge is 2.38. The van der Waals surface area contributed by atoms with Gasteiger partial charge in [0.1, 0.15) is 6.04 Å². The molecule has 8 nitrogen and oxygen atoms in total. The monoisotopic (exact) mass is 365 g/mol. The minimum Gasteiger partial charge on any atom is -0.293 e. The zero-order valence-corrected chi connectivity index (χ0v) is 15.3. The topological polar surface area (TPSA) is 96.7 Å². The smallest absolute Gasteiger partial charge is 0.245 e. The predicted molar refractivity (Wildman–Crippen MR) is 94.8 cm³/mol. The molecule has 3 rings (SSSR count). The number of anilines is 1. The number of nitrogens with one attached hydrogen (secondary N) is 1. The lowest BCUT2D eigenvalue weighted by atomic mass is 10.2. The van der Waals surface area contributed by atoms with E-state index in [1.165, 1.54) is 4.31 Å². The molecule has 1 unspecified atom stereocenters. The van der Waals surface area contributed by atoms with Gasteiger partial charge in [-0.05, 0) is 43.9 Å². The molecule has 0 bridgehead atoms. The molecule has 136 valence electrons. The largest absolute Gasteiger partial charge is 0.293 e.